The summed E-state index contributed by atoms with van der Waals surface area (Å²) in [5, 5.41) is 0. The van der Waals surface area contributed by atoms with Crippen LogP contribution in [0.25, 0.3) is 0 Å². The average molecular weight is 196 g/mol. The maximum atomic E-state index is 12.9. The van der Waals surface area contributed by atoms with Crippen LogP contribution in [-0.4, -0.2) is 6.61 Å². The SMILES string of the molecule is Cc1cc(F)cc(OCCC(C)C)c1. The number of rotatable bonds is 4. The topological polar surface area (TPSA) is 9.23 Å². The highest BCUT2D eigenvalue weighted by Gasteiger charge is 1.99. The van der Waals surface area contributed by atoms with Crippen LogP contribution in [0, 0.1) is 18.7 Å². The fourth-order valence-corrected chi connectivity index (χ4v) is 1.20. The maximum Gasteiger partial charge on any atom is 0.127 e. The third-order valence-corrected chi connectivity index (χ3v) is 1.98. The minimum atomic E-state index is -0.232. The molecule has 0 fully saturated rings. The van der Waals surface area contributed by atoms with Gasteiger partial charge < -0.3 is 4.74 Å². The van der Waals surface area contributed by atoms with Gasteiger partial charge in [0, 0.05) is 6.07 Å². The van der Waals surface area contributed by atoms with Crippen LogP contribution in [-0.2, 0) is 0 Å². The molecule has 0 bridgehead atoms. The number of hydrogen-bond acceptors (Lipinski definition) is 1. The lowest BCUT2D eigenvalue weighted by atomic mass is 10.1. The summed E-state index contributed by atoms with van der Waals surface area (Å²) in [4.78, 5) is 0. The number of ether oxygens (including phenoxy) is 1. The van der Waals surface area contributed by atoms with Crippen molar-refractivity contribution in [2.75, 3.05) is 6.61 Å². The first kappa shape index (κ1) is 11.0. The van der Waals surface area contributed by atoms with Gasteiger partial charge in [0.2, 0.25) is 0 Å². The summed E-state index contributed by atoms with van der Waals surface area (Å²) in [6.45, 7) is 6.79. The van der Waals surface area contributed by atoms with E-state index in [1.165, 1.54) is 12.1 Å². The van der Waals surface area contributed by atoms with E-state index in [0.29, 0.717) is 18.3 Å². The molecule has 0 unspecified atom stereocenters. The largest absolute Gasteiger partial charge is 0.493 e. The van der Waals surface area contributed by atoms with Crippen LogP contribution in [0.1, 0.15) is 25.8 Å². The van der Waals surface area contributed by atoms with Gasteiger partial charge >= 0.3 is 0 Å². The second-order valence-corrected chi connectivity index (χ2v) is 4.00. The zero-order valence-electron chi connectivity index (χ0n) is 9.01. The highest BCUT2D eigenvalue weighted by Crippen LogP contribution is 2.16. The smallest absolute Gasteiger partial charge is 0.127 e. The molecule has 78 valence electrons. The van der Waals surface area contributed by atoms with E-state index in [-0.39, 0.29) is 5.82 Å². The third kappa shape index (κ3) is 3.77. The number of hydrogen-bond donors (Lipinski definition) is 0. The summed E-state index contributed by atoms with van der Waals surface area (Å²) in [5.74, 6) is 1.01. The maximum absolute atomic E-state index is 12.9. The van der Waals surface area contributed by atoms with E-state index >= 15 is 0 Å². The first-order valence-corrected chi connectivity index (χ1v) is 4.98. The summed E-state index contributed by atoms with van der Waals surface area (Å²) in [6, 6.07) is 4.77. The van der Waals surface area contributed by atoms with Crippen molar-refractivity contribution in [1.82, 2.24) is 0 Å². The minimum Gasteiger partial charge on any atom is -0.493 e. The van der Waals surface area contributed by atoms with Gasteiger partial charge in [0.25, 0.3) is 0 Å². The van der Waals surface area contributed by atoms with Gasteiger partial charge in [-0.3, -0.25) is 0 Å². The molecule has 0 radical (unpaired) electrons. The van der Waals surface area contributed by atoms with Gasteiger partial charge in [-0.2, -0.15) is 0 Å². The molecule has 0 aromatic heterocycles. The van der Waals surface area contributed by atoms with Crippen LogP contribution < -0.4 is 4.74 Å². The molecule has 1 aromatic carbocycles. The molecule has 0 heterocycles. The Bertz CT molecular complexity index is 274. The van der Waals surface area contributed by atoms with Crippen molar-refractivity contribution in [2.45, 2.75) is 27.2 Å². The normalized spacial score (nSPS) is 10.6. The fraction of sp³-hybridized carbons (Fsp3) is 0.500. The molecule has 0 aliphatic heterocycles. The lowest BCUT2D eigenvalue weighted by Crippen LogP contribution is -2.01. The zero-order valence-corrected chi connectivity index (χ0v) is 9.01. The second-order valence-electron chi connectivity index (χ2n) is 4.00. The second kappa shape index (κ2) is 4.99. The van der Waals surface area contributed by atoms with Crippen molar-refractivity contribution in [2.24, 2.45) is 5.92 Å². The van der Waals surface area contributed by atoms with Gasteiger partial charge in [-0.25, -0.2) is 4.39 Å². The predicted octanol–water partition coefficient (Wildman–Crippen LogP) is 3.56. The van der Waals surface area contributed by atoms with Gasteiger partial charge in [0.05, 0.1) is 6.61 Å². The monoisotopic (exact) mass is 196 g/mol. The summed E-state index contributed by atoms with van der Waals surface area (Å²) >= 11 is 0. The van der Waals surface area contributed by atoms with Crippen molar-refractivity contribution < 1.29 is 9.13 Å². The van der Waals surface area contributed by atoms with Crippen molar-refractivity contribution in [3.63, 3.8) is 0 Å². The molecular formula is C12H17FO. The van der Waals surface area contributed by atoms with Crippen molar-refractivity contribution >= 4 is 0 Å². The molecule has 0 amide bonds. The summed E-state index contributed by atoms with van der Waals surface area (Å²) < 4.78 is 18.4. The molecule has 0 saturated carbocycles. The Morgan fingerprint density at radius 2 is 2.00 bits per heavy atom. The lowest BCUT2D eigenvalue weighted by Gasteiger charge is -2.08. The molecule has 0 aliphatic rings. The third-order valence-electron chi connectivity index (χ3n) is 1.98. The summed E-state index contributed by atoms with van der Waals surface area (Å²) in [6.07, 6.45) is 0.996. The van der Waals surface area contributed by atoms with Crippen LogP contribution in [0.4, 0.5) is 4.39 Å². The van der Waals surface area contributed by atoms with Crippen LogP contribution in [0.3, 0.4) is 0 Å². The zero-order chi connectivity index (χ0) is 10.6. The molecule has 0 saturated heterocycles. The quantitative estimate of drug-likeness (QED) is 0.715. The van der Waals surface area contributed by atoms with Crippen LogP contribution >= 0.6 is 0 Å². The molecular weight excluding hydrogens is 179 g/mol. The fourth-order valence-electron chi connectivity index (χ4n) is 1.20. The molecule has 14 heavy (non-hydrogen) atoms. The van der Waals surface area contributed by atoms with Crippen LogP contribution in [0.15, 0.2) is 18.2 Å². The number of halogens is 1. The van der Waals surface area contributed by atoms with Crippen LogP contribution in [0.5, 0.6) is 5.75 Å². The highest BCUT2D eigenvalue weighted by atomic mass is 19.1. The Morgan fingerprint density at radius 1 is 1.29 bits per heavy atom. The Kier molecular flexibility index (Phi) is 3.93. The molecule has 0 spiro atoms. The Balaban J connectivity index is 2.50. The van der Waals surface area contributed by atoms with E-state index in [2.05, 4.69) is 13.8 Å². The number of benzene rings is 1. The average Bonchev–Trinajstić information content (AvgIpc) is 2.01. The standard InChI is InChI=1S/C12H17FO/c1-9(2)4-5-14-12-7-10(3)6-11(13)8-12/h6-9H,4-5H2,1-3H3. The molecule has 1 rings (SSSR count). The molecule has 1 aromatic rings. The van der Waals surface area contributed by atoms with Gasteiger partial charge in [0.1, 0.15) is 11.6 Å². The number of aryl methyl sites for hydroxylation is 1. The highest BCUT2D eigenvalue weighted by molar-refractivity contribution is 5.28. The first-order valence-electron chi connectivity index (χ1n) is 4.98. The van der Waals surface area contributed by atoms with E-state index < -0.39 is 0 Å². The van der Waals surface area contributed by atoms with E-state index in [4.69, 9.17) is 4.74 Å². The Morgan fingerprint density at radius 3 is 2.57 bits per heavy atom. The van der Waals surface area contributed by atoms with E-state index in [1.807, 2.05) is 13.0 Å². The first-order chi connectivity index (χ1) is 6.58. The lowest BCUT2D eigenvalue weighted by molar-refractivity contribution is 0.288. The summed E-state index contributed by atoms with van der Waals surface area (Å²) in [7, 11) is 0. The van der Waals surface area contributed by atoms with Gasteiger partial charge in [-0.1, -0.05) is 13.8 Å². The van der Waals surface area contributed by atoms with Crippen molar-refractivity contribution in [3.8, 4) is 5.75 Å². The summed E-state index contributed by atoms with van der Waals surface area (Å²) in [5.41, 5.74) is 0.893. The van der Waals surface area contributed by atoms with Crippen LogP contribution in [0.2, 0.25) is 0 Å². The van der Waals surface area contributed by atoms with E-state index in [0.717, 1.165) is 12.0 Å². The predicted molar refractivity (Wildman–Crippen MR) is 56.1 cm³/mol. The van der Waals surface area contributed by atoms with E-state index in [1.54, 1.807) is 0 Å². The molecule has 0 aliphatic carbocycles. The van der Waals surface area contributed by atoms with Crippen molar-refractivity contribution in [1.29, 1.82) is 0 Å². The van der Waals surface area contributed by atoms with Gasteiger partial charge in [-0.15, -0.1) is 0 Å². The molecule has 0 atom stereocenters. The molecule has 0 N–H and O–H groups in total. The molecule has 1 nitrogen and oxygen atoms in total. The van der Waals surface area contributed by atoms with Crippen molar-refractivity contribution in [3.05, 3.63) is 29.6 Å². The Hall–Kier alpha value is -1.05. The molecule has 2 heteroatoms. The minimum absolute atomic E-state index is 0.232. The van der Waals surface area contributed by atoms with Gasteiger partial charge in [0.15, 0.2) is 0 Å². The Labute approximate surface area is 84.9 Å². The van der Waals surface area contributed by atoms with E-state index in [9.17, 15) is 4.39 Å². The van der Waals surface area contributed by atoms with Gasteiger partial charge in [-0.05, 0) is 37.0 Å².